The highest BCUT2D eigenvalue weighted by Gasteiger charge is 2.46. The van der Waals surface area contributed by atoms with Crippen LogP contribution in [-0.4, -0.2) is 64.9 Å². The largest absolute Gasteiger partial charge is 0.405 e. The molecule has 5 rings (SSSR count). The van der Waals surface area contributed by atoms with E-state index >= 15 is 0 Å². The molecule has 3 aliphatic rings. The van der Waals surface area contributed by atoms with Gasteiger partial charge < -0.3 is 4.90 Å². The predicted octanol–water partition coefficient (Wildman–Crippen LogP) is 4.90. The summed E-state index contributed by atoms with van der Waals surface area (Å²) >= 11 is 0. The molecule has 0 spiro atoms. The molecule has 2 amide bonds. The first-order valence-corrected chi connectivity index (χ1v) is 14.1. The molecular formula is C28H38F3N5O2. The second-order valence-corrected chi connectivity index (χ2v) is 11.3. The Balaban J connectivity index is 1.26. The molecule has 2 saturated heterocycles. The molecule has 0 bridgehead atoms. The van der Waals surface area contributed by atoms with Gasteiger partial charge in [-0.05, 0) is 43.5 Å². The maximum Gasteiger partial charge on any atom is 0.405 e. The van der Waals surface area contributed by atoms with Crippen molar-refractivity contribution < 1.29 is 22.8 Å². The first kappa shape index (κ1) is 27.0. The number of anilines is 1. The summed E-state index contributed by atoms with van der Waals surface area (Å²) in [7, 11) is 1.77. The smallest absolute Gasteiger partial charge is 0.368 e. The first-order valence-electron chi connectivity index (χ1n) is 14.1. The summed E-state index contributed by atoms with van der Waals surface area (Å²) in [6.45, 7) is 1.29. The maximum absolute atomic E-state index is 14.1. The molecule has 208 valence electrons. The van der Waals surface area contributed by atoms with Crippen LogP contribution < -0.4 is 10.2 Å². The van der Waals surface area contributed by atoms with Crippen LogP contribution in [0.5, 0.6) is 0 Å². The van der Waals surface area contributed by atoms with E-state index in [1.807, 2.05) is 23.1 Å². The standard InChI is InChI=1S/C28H38F3N5O2/c1-34-23-17-20(10-11-21(23)26(33-34)22-12-13-25(37)32-27(22)38)36-16-15-35(24(18-36)28(29,30)31)14-6-5-9-19-7-3-2-4-8-19/h10-11,17,19,22,24H,2-9,12-16,18H2,1H3,(H,32,37,38). The van der Waals surface area contributed by atoms with E-state index in [-0.39, 0.29) is 24.8 Å². The minimum absolute atomic E-state index is 0.102. The number of carbonyl (C=O) groups is 2. The van der Waals surface area contributed by atoms with Gasteiger partial charge in [-0.25, -0.2) is 0 Å². The van der Waals surface area contributed by atoms with Gasteiger partial charge >= 0.3 is 6.18 Å². The van der Waals surface area contributed by atoms with E-state index in [0.717, 1.165) is 41.8 Å². The average molecular weight is 534 g/mol. The molecule has 0 radical (unpaired) electrons. The lowest BCUT2D eigenvalue weighted by Gasteiger charge is -2.43. The summed E-state index contributed by atoms with van der Waals surface area (Å²) in [5, 5.41) is 7.72. The summed E-state index contributed by atoms with van der Waals surface area (Å²) in [4.78, 5) is 27.4. The van der Waals surface area contributed by atoms with Crippen LogP contribution in [0.4, 0.5) is 18.9 Å². The summed E-state index contributed by atoms with van der Waals surface area (Å²) in [5.41, 5.74) is 2.09. The number of hydrogen-bond acceptors (Lipinski definition) is 5. The molecule has 2 aromatic rings. The van der Waals surface area contributed by atoms with E-state index in [1.165, 1.54) is 32.1 Å². The van der Waals surface area contributed by atoms with Crippen LogP contribution >= 0.6 is 0 Å². The van der Waals surface area contributed by atoms with Gasteiger partial charge in [-0.15, -0.1) is 0 Å². The summed E-state index contributed by atoms with van der Waals surface area (Å²) in [6.07, 6.45) is 5.79. The Hall–Kier alpha value is -2.62. The Morgan fingerprint density at radius 2 is 1.84 bits per heavy atom. The fraction of sp³-hybridized carbons (Fsp3) is 0.679. The number of nitrogens with one attached hydrogen (secondary N) is 1. The molecular weight excluding hydrogens is 495 g/mol. The third kappa shape index (κ3) is 5.84. The van der Waals surface area contributed by atoms with Crippen LogP contribution in [0.1, 0.15) is 75.8 Å². The van der Waals surface area contributed by atoms with E-state index in [1.54, 1.807) is 16.6 Å². The highest BCUT2D eigenvalue weighted by molar-refractivity contribution is 6.02. The number of unbranched alkanes of at least 4 members (excludes halogenated alkanes) is 1. The number of hydrogen-bond donors (Lipinski definition) is 1. The van der Waals surface area contributed by atoms with Gasteiger partial charge in [0.1, 0.15) is 6.04 Å². The maximum atomic E-state index is 14.1. The molecule has 3 heterocycles. The molecule has 1 aliphatic carbocycles. The van der Waals surface area contributed by atoms with Gasteiger partial charge in [0.2, 0.25) is 11.8 Å². The van der Waals surface area contributed by atoms with Crippen molar-refractivity contribution >= 4 is 28.4 Å². The minimum atomic E-state index is -4.29. The molecule has 1 aromatic carbocycles. The molecule has 1 aromatic heterocycles. The number of halogens is 3. The van der Waals surface area contributed by atoms with Crippen molar-refractivity contribution in [3.63, 3.8) is 0 Å². The Morgan fingerprint density at radius 1 is 1.05 bits per heavy atom. The van der Waals surface area contributed by atoms with Crippen molar-refractivity contribution in [1.82, 2.24) is 20.0 Å². The Bertz CT molecular complexity index is 1160. The van der Waals surface area contributed by atoms with E-state index in [4.69, 9.17) is 0 Å². The number of aryl methyl sites for hydroxylation is 1. The first-order chi connectivity index (χ1) is 18.2. The van der Waals surface area contributed by atoms with Gasteiger partial charge in [0.05, 0.1) is 17.1 Å². The second-order valence-electron chi connectivity index (χ2n) is 11.3. The third-order valence-corrected chi connectivity index (χ3v) is 8.70. The lowest BCUT2D eigenvalue weighted by atomic mass is 9.86. The van der Waals surface area contributed by atoms with Gasteiger partial charge in [-0.1, -0.05) is 44.9 Å². The van der Waals surface area contributed by atoms with Crippen LogP contribution in [0.2, 0.25) is 0 Å². The molecule has 1 N–H and O–H groups in total. The summed E-state index contributed by atoms with van der Waals surface area (Å²) in [5.74, 6) is -0.389. The highest BCUT2D eigenvalue weighted by Crippen LogP contribution is 2.35. The summed E-state index contributed by atoms with van der Waals surface area (Å²) < 4.78 is 44.0. The molecule has 38 heavy (non-hydrogen) atoms. The van der Waals surface area contributed by atoms with Crippen molar-refractivity contribution in [3.05, 3.63) is 23.9 Å². The molecule has 10 heteroatoms. The van der Waals surface area contributed by atoms with Crippen molar-refractivity contribution in [1.29, 1.82) is 0 Å². The molecule has 3 fully saturated rings. The third-order valence-electron chi connectivity index (χ3n) is 8.70. The zero-order chi connectivity index (χ0) is 26.9. The van der Waals surface area contributed by atoms with Crippen molar-refractivity contribution in [2.75, 3.05) is 31.1 Å². The fourth-order valence-electron chi connectivity index (χ4n) is 6.54. The molecule has 2 atom stereocenters. The quantitative estimate of drug-likeness (QED) is 0.405. The average Bonchev–Trinajstić information content (AvgIpc) is 3.22. The second kappa shape index (κ2) is 11.2. The van der Waals surface area contributed by atoms with Gasteiger partial charge in [-0.2, -0.15) is 18.3 Å². The van der Waals surface area contributed by atoms with Crippen LogP contribution in [0.15, 0.2) is 18.2 Å². The van der Waals surface area contributed by atoms with E-state index in [9.17, 15) is 22.8 Å². The number of amides is 2. The van der Waals surface area contributed by atoms with Crippen molar-refractivity contribution in [3.8, 4) is 0 Å². The highest BCUT2D eigenvalue weighted by atomic mass is 19.4. The van der Waals surface area contributed by atoms with Gasteiger partial charge in [0.25, 0.3) is 0 Å². The Labute approximate surface area is 221 Å². The zero-order valence-electron chi connectivity index (χ0n) is 22.1. The van der Waals surface area contributed by atoms with Crippen LogP contribution in [0, 0.1) is 5.92 Å². The minimum Gasteiger partial charge on any atom is -0.368 e. The molecule has 2 aliphatic heterocycles. The molecule has 1 saturated carbocycles. The zero-order valence-corrected chi connectivity index (χ0v) is 22.1. The Morgan fingerprint density at radius 3 is 2.58 bits per heavy atom. The molecule has 2 unspecified atom stereocenters. The van der Waals surface area contributed by atoms with Crippen LogP contribution in [0.25, 0.3) is 10.9 Å². The number of alkyl halides is 3. The predicted molar refractivity (Wildman–Crippen MR) is 140 cm³/mol. The van der Waals surface area contributed by atoms with E-state index in [0.29, 0.717) is 31.7 Å². The number of carbonyl (C=O) groups excluding carboxylic acids is 2. The summed E-state index contributed by atoms with van der Waals surface area (Å²) in [6, 6.07) is 4.04. The van der Waals surface area contributed by atoms with Crippen molar-refractivity contribution in [2.24, 2.45) is 13.0 Å². The van der Waals surface area contributed by atoms with Crippen LogP contribution in [0.3, 0.4) is 0 Å². The number of imide groups is 1. The van der Waals surface area contributed by atoms with Gasteiger partial charge in [-0.3, -0.25) is 24.5 Å². The number of nitrogens with zero attached hydrogens (tertiary/aromatic N) is 4. The lowest BCUT2D eigenvalue weighted by molar-refractivity contribution is -0.184. The Kier molecular flexibility index (Phi) is 7.98. The fourth-order valence-corrected chi connectivity index (χ4v) is 6.54. The normalized spacial score (nSPS) is 24.3. The van der Waals surface area contributed by atoms with E-state index < -0.39 is 18.1 Å². The molecule has 7 nitrogen and oxygen atoms in total. The lowest BCUT2D eigenvalue weighted by Crippen LogP contribution is -2.59. The number of piperidine rings is 1. The number of rotatable bonds is 7. The van der Waals surface area contributed by atoms with Crippen molar-refractivity contribution in [2.45, 2.75) is 82.3 Å². The van der Waals surface area contributed by atoms with Gasteiger partial charge in [0.15, 0.2) is 0 Å². The SMILES string of the molecule is Cn1nc(C2CCC(=O)NC2=O)c2ccc(N3CCN(CCCCC4CCCCC4)C(C(F)(F)F)C3)cc21. The topological polar surface area (TPSA) is 70.5 Å². The number of benzene rings is 1. The number of fused-ring (bicyclic) bond motifs is 1. The van der Waals surface area contributed by atoms with Crippen LogP contribution in [-0.2, 0) is 16.6 Å². The monoisotopic (exact) mass is 533 g/mol. The number of piperazine rings is 1. The van der Waals surface area contributed by atoms with E-state index in [2.05, 4.69) is 10.4 Å². The number of aromatic nitrogens is 2. The van der Waals surface area contributed by atoms with Gasteiger partial charge in [0, 0.05) is 44.2 Å².